The maximum absolute atomic E-state index is 4.63. The molecule has 4 aromatic rings. The number of aryl methyl sites for hydroxylation is 3. The van der Waals surface area contributed by atoms with Gasteiger partial charge in [0, 0.05) is 17.6 Å². The molecule has 0 unspecified atom stereocenters. The lowest BCUT2D eigenvalue weighted by molar-refractivity contribution is 1.11. The van der Waals surface area contributed by atoms with Gasteiger partial charge in [-0.1, -0.05) is 23.8 Å². The third-order valence-electron chi connectivity index (χ3n) is 4.55. The summed E-state index contributed by atoms with van der Waals surface area (Å²) in [7, 11) is 0. The lowest BCUT2D eigenvalue weighted by Gasteiger charge is -2.09. The summed E-state index contributed by atoms with van der Waals surface area (Å²) >= 11 is 0. The number of hydrogen-bond acceptors (Lipinski definition) is 3. The molecule has 24 heavy (non-hydrogen) atoms. The van der Waals surface area contributed by atoms with Crippen molar-refractivity contribution in [2.45, 2.75) is 27.3 Å². The van der Waals surface area contributed by atoms with E-state index in [1.807, 2.05) is 24.3 Å². The number of aromatic nitrogens is 3. The topological polar surface area (TPSA) is 53.6 Å². The van der Waals surface area contributed by atoms with E-state index in [4.69, 9.17) is 0 Å². The number of nitrogens with zero attached hydrogens (tertiary/aromatic N) is 2. The molecule has 0 aliphatic heterocycles. The van der Waals surface area contributed by atoms with E-state index in [1.165, 1.54) is 33.3 Å². The summed E-state index contributed by atoms with van der Waals surface area (Å²) in [5.41, 5.74) is 8.09. The number of nitrogens with one attached hydrogen (secondary N) is 2. The van der Waals surface area contributed by atoms with E-state index in [0.29, 0.717) is 6.54 Å². The van der Waals surface area contributed by atoms with E-state index in [-0.39, 0.29) is 0 Å². The van der Waals surface area contributed by atoms with Gasteiger partial charge in [-0.2, -0.15) is 0 Å². The lowest BCUT2D eigenvalue weighted by atomic mass is 10.0. The molecule has 0 fully saturated rings. The van der Waals surface area contributed by atoms with Crippen molar-refractivity contribution < 1.29 is 0 Å². The molecule has 0 saturated heterocycles. The van der Waals surface area contributed by atoms with Crippen molar-refractivity contribution in [3.63, 3.8) is 0 Å². The predicted molar refractivity (Wildman–Crippen MR) is 99.4 cm³/mol. The summed E-state index contributed by atoms with van der Waals surface area (Å²) in [5.74, 6) is 0.795. The molecule has 2 aromatic carbocycles. The minimum absolute atomic E-state index is 0.713. The molecule has 0 aliphatic carbocycles. The van der Waals surface area contributed by atoms with Crippen LogP contribution in [0.1, 0.15) is 22.4 Å². The fraction of sp³-hybridized carbons (Fsp3) is 0.200. The molecule has 2 N–H and O–H groups in total. The Balaban J connectivity index is 1.67. The van der Waals surface area contributed by atoms with Crippen LogP contribution in [0.3, 0.4) is 0 Å². The molecule has 0 aliphatic rings. The summed E-state index contributed by atoms with van der Waals surface area (Å²) in [5, 5.41) is 4.71. The highest BCUT2D eigenvalue weighted by Gasteiger charge is 2.10. The van der Waals surface area contributed by atoms with Gasteiger partial charge in [0.1, 0.15) is 5.82 Å². The highest BCUT2D eigenvalue weighted by Crippen LogP contribution is 2.26. The molecule has 2 heterocycles. The Morgan fingerprint density at radius 2 is 1.83 bits per heavy atom. The second-order valence-electron chi connectivity index (χ2n) is 6.32. The number of fused-ring (bicyclic) bond motifs is 2. The van der Waals surface area contributed by atoms with E-state index in [2.05, 4.69) is 53.2 Å². The molecular formula is C20H20N4. The first-order valence-corrected chi connectivity index (χ1v) is 8.16. The maximum Gasteiger partial charge on any atom is 0.145 e. The fourth-order valence-corrected chi connectivity index (χ4v) is 3.16. The van der Waals surface area contributed by atoms with E-state index in [1.54, 1.807) is 6.20 Å². The zero-order valence-corrected chi connectivity index (χ0v) is 14.1. The summed E-state index contributed by atoms with van der Waals surface area (Å²) < 4.78 is 0. The minimum Gasteiger partial charge on any atom is -0.365 e. The minimum atomic E-state index is 0.713. The number of para-hydroxylation sites is 2. The highest BCUT2D eigenvalue weighted by molar-refractivity contribution is 5.88. The van der Waals surface area contributed by atoms with Gasteiger partial charge in [-0.05, 0) is 50.1 Å². The Labute approximate surface area is 141 Å². The Hall–Kier alpha value is -2.88. The van der Waals surface area contributed by atoms with Crippen LogP contribution in [0.5, 0.6) is 0 Å². The summed E-state index contributed by atoms with van der Waals surface area (Å²) in [6, 6.07) is 12.4. The molecule has 2 aromatic heterocycles. The summed E-state index contributed by atoms with van der Waals surface area (Å²) in [6.07, 6.45) is 1.79. The van der Waals surface area contributed by atoms with Crippen LogP contribution in [-0.4, -0.2) is 15.0 Å². The van der Waals surface area contributed by atoms with Gasteiger partial charge in [-0.15, -0.1) is 0 Å². The maximum atomic E-state index is 4.63. The van der Waals surface area contributed by atoms with Crippen LogP contribution in [0, 0.1) is 20.8 Å². The van der Waals surface area contributed by atoms with Crippen molar-refractivity contribution in [1.82, 2.24) is 15.0 Å². The number of hydrogen-bond donors (Lipinski definition) is 2. The van der Waals surface area contributed by atoms with E-state index in [0.717, 1.165) is 16.9 Å². The highest BCUT2D eigenvalue weighted by atomic mass is 15.0. The van der Waals surface area contributed by atoms with Crippen LogP contribution in [0.25, 0.3) is 21.9 Å². The van der Waals surface area contributed by atoms with Crippen molar-refractivity contribution in [1.29, 1.82) is 0 Å². The fourth-order valence-electron chi connectivity index (χ4n) is 3.16. The lowest BCUT2D eigenvalue weighted by Crippen LogP contribution is -2.03. The zero-order valence-electron chi connectivity index (χ0n) is 14.1. The molecule has 0 radical (unpaired) electrons. The monoisotopic (exact) mass is 316 g/mol. The Morgan fingerprint density at radius 1 is 1.04 bits per heavy atom. The molecule has 0 spiro atoms. The van der Waals surface area contributed by atoms with Gasteiger partial charge in [-0.25, -0.2) is 4.98 Å². The zero-order chi connectivity index (χ0) is 16.7. The molecule has 0 bridgehead atoms. The number of anilines is 1. The Bertz CT molecular complexity index is 1050. The van der Waals surface area contributed by atoms with Gasteiger partial charge in [0.2, 0.25) is 0 Å². The molecule has 0 saturated carbocycles. The SMILES string of the molecule is Cc1cc(CNc2cnc3ccccc3n2)c2[nH]c(C)c(C)c2c1. The summed E-state index contributed by atoms with van der Waals surface area (Å²) in [6.45, 7) is 7.14. The molecule has 4 rings (SSSR count). The second-order valence-corrected chi connectivity index (χ2v) is 6.32. The number of rotatable bonds is 3. The third kappa shape index (κ3) is 2.50. The average molecular weight is 316 g/mol. The Kier molecular flexibility index (Phi) is 3.45. The van der Waals surface area contributed by atoms with Crippen molar-refractivity contribution in [2.24, 2.45) is 0 Å². The number of aromatic amines is 1. The van der Waals surface area contributed by atoms with Crippen LogP contribution in [0.4, 0.5) is 5.82 Å². The predicted octanol–water partition coefficient (Wildman–Crippen LogP) is 4.65. The van der Waals surface area contributed by atoms with Crippen molar-refractivity contribution in [3.05, 3.63) is 65.0 Å². The normalized spacial score (nSPS) is 11.3. The summed E-state index contributed by atoms with van der Waals surface area (Å²) in [4.78, 5) is 12.6. The number of H-pyrrole nitrogens is 1. The van der Waals surface area contributed by atoms with Crippen molar-refractivity contribution in [3.8, 4) is 0 Å². The van der Waals surface area contributed by atoms with Gasteiger partial charge >= 0.3 is 0 Å². The number of benzene rings is 2. The first-order valence-electron chi connectivity index (χ1n) is 8.16. The van der Waals surface area contributed by atoms with E-state index in [9.17, 15) is 0 Å². The van der Waals surface area contributed by atoms with Crippen LogP contribution in [0.2, 0.25) is 0 Å². The molecular weight excluding hydrogens is 296 g/mol. The molecule has 0 atom stereocenters. The van der Waals surface area contributed by atoms with Crippen molar-refractivity contribution in [2.75, 3.05) is 5.32 Å². The van der Waals surface area contributed by atoms with Crippen LogP contribution >= 0.6 is 0 Å². The van der Waals surface area contributed by atoms with E-state index < -0.39 is 0 Å². The Morgan fingerprint density at radius 3 is 2.67 bits per heavy atom. The van der Waals surface area contributed by atoms with Crippen LogP contribution < -0.4 is 5.32 Å². The molecule has 120 valence electrons. The quantitative estimate of drug-likeness (QED) is 0.578. The van der Waals surface area contributed by atoms with Gasteiger partial charge < -0.3 is 10.3 Å². The van der Waals surface area contributed by atoms with Crippen LogP contribution in [-0.2, 0) is 6.54 Å². The van der Waals surface area contributed by atoms with E-state index >= 15 is 0 Å². The second kappa shape index (κ2) is 5.64. The van der Waals surface area contributed by atoms with Crippen LogP contribution in [0.15, 0.2) is 42.6 Å². The van der Waals surface area contributed by atoms with Gasteiger partial charge in [0.05, 0.1) is 22.7 Å². The average Bonchev–Trinajstić information content (AvgIpc) is 2.87. The van der Waals surface area contributed by atoms with Gasteiger partial charge in [0.15, 0.2) is 0 Å². The van der Waals surface area contributed by atoms with Gasteiger partial charge in [0.25, 0.3) is 0 Å². The largest absolute Gasteiger partial charge is 0.365 e. The third-order valence-corrected chi connectivity index (χ3v) is 4.55. The first-order chi connectivity index (χ1) is 11.6. The first kappa shape index (κ1) is 14.7. The van der Waals surface area contributed by atoms with Gasteiger partial charge in [-0.3, -0.25) is 4.98 Å². The molecule has 0 amide bonds. The molecule has 4 heteroatoms. The van der Waals surface area contributed by atoms with Crippen molar-refractivity contribution >= 4 is 27.8 Å². The smallest absolute Gasteiger partial charge is 0.145 e. The molecule has 4 nitrogen and oxygen atoms in total. The standard InChI is InChI=1S/C20H20N4/c1-12-8-15(20-16(9-12)13(2)14(3)23-20)10-22-19-11-21-17-6-4-5-7-18(17)24-19/h4-9,11,23H,10H2,1-3H3,(H,22,24).